The van der Waals surface area contributed by atoms with E-state index in [0.29, 0.717) is 13.0 Å². The number of nitrogens with zero attached hydrogens (tertiary/aromatic N) is 3. The average Bonchev–Trinajstić information content (AvgIpc) is 2.52. The molecule has 18 heavy (non-hydrogen) atoms. The SMILES string of the molecule is Cc1nn(C)c(C)c1CC(=O)N(CCO)C(C)C. The molecular formula is C13H23N3O2. The summed E-state index contributed by atoms with van der Waals surface area (Å²) in [5.74, 6) is 0.0400. The van der Waals surface area contributed by atoms with Crippen molar-refractivity contribution in [3.63, 3.8) is 0 Å². The Morgan fingerprint density at radius 3 is 2.44 bits per heavy atom. The van der Waals surface area contributed by atoms with Gasteiger partial charge >= 0.3 is 0 Å². The van der Waals surface area contributed by atoms with Crippen LogP contribution >= 0.6 is 0 Å². The Morgan fingerprint density at radius 2 is 2.06 bits per heavy atom. The molecule has 0 bridgehead atoms. The fourth-order valence-corrected chi connectivity index (χ4v) is 2.10. The minimum atomic E-state index is -0.00504. The van der Waals surface area contributed by atoms with Gasteiger partial charge in [0.15, 0.2) is 0 Å². The molecule has 0 aliphatic carbocycles. The van der Waals surface area contributed by atoms with Gasteiger partial charge in [0.1, 0.15) is 0 Å². The summed E-state index contributed by atoms with van der Waals surface area (Å²) in [6, 6.07) is 0.0990. The van der Waals surface area contributed by atoms with E-state index < -0.39 is 0 Å². The number of carbonyl (C=O) groups excluding carboxylic acids is 1. The van der Waals surface area contributed by atoms with Crippen LogP contribution in [0.1, 0.15) is 30.8 Å². The minimum absolute atomic E-state index is 0.00504. The van der Waals surface area contributed by atoms with E-state index in [1.54, 1.807) is 9.58 Å². The van der Waals surface area contributed by atoms with Gasteiger partial charge in [-0.15, -0.1) is 0 Å². The van der Waals surface area contributed by atoms with E-state index >= 15 is 0 Å². The van der Waals surface area contributed by atoms with E-state index in [0.717, 1.165) is 17.0 Å². The predicted octanol–water partition coefficient (Wildman–Crippen LogP) is 0.809. The summed E-state index contributed by atoms with van der Waals surface area (Å²) in [7, 11) is 1.88. The van der Waals surface area contributed by atoms with E-state index in [9.17, 15) is 4.79 Å². The number of aromatic nitrogens is 2. The Morgan fingerprint density at radius 1 is 1.44 bits per heavy atom. The van der Waals surface area contributed by atoms with Gasteiger partial charge in [-0.05, 0) is 27.7 Å². The number of rotatable bonds is 5. The summed E-state index contributed by atoms with van der Waals surface area (Å²) in [6.07, 6.45) is 0.351. The predicted molar refractivity (Wildman–Crippen MR) is 70.3 cm³/mol. The van der Waals surface area contributed by atoms with Crippen LogP contribution in [-0.4, -0.2) is 44.9 Å². The lowest BCUT2D eigenvalue weighted by Crippen LogP contribution is -2.40. The van der Waals surface area contributed by atoms with Gasteiger partial charge in [0, 0.05) is 30.9 Å². The number of aliphatic hydroxyl groups excluding tert-OH is 1. The molecule has 0 radical (unpaired) electrons. The molecule has 0 saturated carbocycles. The van der Waals surface area contributed by atoms with Gasteiger partial charge in [0.05, 0.1) is 18.7 Å². The highest BCUT2D eigenvalue weighted by Gasteiger charge is 2.20. The summed E-state index contributed by atoms with van der Waals surface area (Å²) >= 11 is 0. The van der Waals surface area contributed by atoms with Crippen LogP contribution in [0.2, 0.25) is 0 Å². The van der Waals surface area contributed by atoms with Crippen LogP contribution in [-0.2, 0) is 18.3 Å². The van der Waals surface area contributed by atoms with Gasteiger partial charge in [-0.2, -0.15) is 5.10 Å². The Balaban J connectivity index is 2.85. The molecule has 0 saturated heterocycles. The van der Waals surface area contributed by atoms with Crippen molar-refractivity contribution in [2.75, 3.05) is 13.2 Å². The molecule has 1 aromatic rings. The van der Waals surface area contributed by atoms with E-state index in [-0.39, 0.29) is 18.6 Å². The zero-order valence-electron chi connectivity index (χ0n) is 11.9. The molecule has 0 spiro atoms. The number of aliphatic hydroxyl groups is 1. The average molecular weight is 253 g/mol. The van der Waals surface area contributed by atoms with E-state index in [1.807, 2.05) is 34.7 Å². The molecule has 0 aromatic carbocycles. The fourth-order valence-electron chi connectivity index (χ4n) is 2.10. The lowest BCUT2D eigenvalue weighted by atomic mass is 10.1. The smallest absolute Gasteiger partial charge is 0.227 e. The summed E-state index contributed by atoms with van der Waals surface area (Å²) in [5, 5.41) is 13.3. The normalized spacial score (nSPS) is 11.1. The Labute approximate surface area is 108 Å². The van der Waals surface area contributed by atoms with E-state index in [4.69, 9.17) is 5.11 Å². The minimum Gasteiger partial charge on any atom is -0.395 e. The van der Waals surface area contributed by atoms with Crippen molar-refractivity contribution in [1.29, 1.82) is 0 Å². The molecule has 0 fully saturated rings. The van der Waals surface area contributed by atoms with Crippen LogP contribution in [0.15, 0.2) is 0 Å². The maximum atomic E-state index is 12.2. The largest absolute Gasteiger partial charge is 0.395 e. The first-order valence-corrected chi connectivity index (χ1v) is 6.27. The molecule has 1 amide bonds. The third-order valence-corrected chi connectivity index (χ3v) is 3.27. The number of aryl methyl sites for hydroxylation is 2. The third-order valence-electron chi connectivity index (χ3n) is 3.27. The second-order valence-electron chi connectivity index (χ2n) is 4.85. The van der Waals surface area contributed by atoms with Crippen LogP contribution in [0.4, 0.5) is 0 Å². The molecule has 0 atom stereocenters. The van der Waals surface area contributed by atoms with Crippen LogP contribution in [0.5, 0.6) is 0 Å². The van der Waals surface area contributed by atoms with Gasteiger partial charge in [-0.25, -0.2) is 0 Å². The number of hydrogen-bond donors (Lipinski definition) is 1. The topological polar surface area (TPSA) is 58.4 Å². The third kappa shape index (κ3) is 3.10. The Kier molecular flexibility index (Phi) is 4.90. The van der Waals surface area contributed by atoms with Crippen molar-refractivity contribution in [3.8, 4) is 0 Å². The summed E-state index contributed by atoms with van der Waals surface area (Å²) in [4.78, 5) is 13.9. The molecule has 5 nitrogen and oxygen atoms in total. The fraction of sp³-hybridized carbons (Fsp3) is 0.692. The molecule has 0 unspecified atom stereocenters. The zero-order valence-corrected chi connectivity index (χ0v) is 11.9. The monoisotopic (exact) mass is 253 g/mol. The molecule has 1 heterocycles. The maximum absolute atomic E-state index is 12.2. The first-order chi connectivity index (χ1) is 8.38. The standard InChI is InChI=1S/C13H23N3O2/c1-9(2)16(6-7-17)13(18)8-12-10(3)14-15(5)11(12)4/h9,17H,6-8H2,1-5H3. The summed E-state index contributed by atoms with van der Waals surface area (Å²) in [5.41, 5.74) is 2.91. The van der Waals surface area contributed by atoms with E-state index in [1.165, 1.54) is 0 Å². The second kappa shape index (κ2) is 6.00. The van der Waals surface area contributed by atoms with Crippen molar-refractivity contribution < 1.29 is 9.90 Å². The van der Waals surface area contributed by atoms with Crippen molar-refractivity contribution in [3.05, 3.63) is 17.0 Å². The highest BCUT2D eigenvalue weighted by Crippen LogP contribution is 2.14. The first-order valence-electron chi connectivity index (χ1n) is 6.27. The van der Waals surface area contributed by atoms with Crippen LogP contribution in [0, 0.1) is 13.8 Å². The molecule has 1 N–H and O–H groups in total. The van der Waals surface area contributed by atoms with Gasteiger partial charge in [-0.3, -0.25) is 9.48 Å². The van der Waals surface area contributed by atoms with Crippen molar-refractivity contribution >= 4 is 5.91 Å². The van der Waals surface area contributed by atoms with Gasteiger partial charge in [0.2, 0.25) is 5.91 Å². The highest BCUT2D eigenvalue weighted by atomic mass is 16.3. The first kappa shape index (κ1) is 14.7. The van der Waals surface area contributed by atoms with Crippen molar-refractivity contribution in [2.45, 2.75) is 40.2 Å². The van der Waals surface area contributed by atoms with Crippen molar-refractivity contribution in [1.82, 2.24) is 14.7 Å². The molecule has 102 valence electrons. The van der Waals surface area contributed by atoms with Gasteiger partial charge in [-0.1, -0.05) is 0 Å². The van der Waals surface area contributed by atoms with Crippen LogP contribution in [0.25, 0.3) is 0 Å². The number of hydrogen-bond acceptors (Lipinski definition) is 3. The Bertz CT molecular complexity index is 424. The second-order valence-corrected chi connectivity index (χ2v) is 4.85. The molecule has 5 heteroatoms. The molecule has 1 rings (SSSR count). The molecule has 0 aliphatic heterocycles. The van der Waals surface area contributed by atoms with Crippen LogP contribution < -0.4 is 0 Å². The van der Waals surface area contributed by atoms with Gasteiger partial charge < -0.3 is 10.0 Å². The molecule has 1 aromatic heterocycles. The van der Waals surface area contributed by atoms with Crippen molar-refractivity contribution in [2.24, 2.45) is 7.05 Å². The highest BCUT2D eigenvalue weighted by molar-refractivity contribution is 5.79. The quantitative estimate of drug-likeness (QED) is 0.844. The summed E-state index contributed by atoms with van der Waals surface area (Å²) in [6.45, 7) is 8.17. The molecule has 0 aliphatic rings. The maximum Gasteiger partial charge on any atom is 0.227 e. The number of carbonyl (C=O) groups is 1. The Hall–Kier alpha value is -1.36. The number of amides is 1. The van der Waals surface area contributed by atoms with Gasteiger partial charge in [0.25, 0.3) is 0 Å². The van der Waals surface area contributed by atoms with E-state index in [2.05, 4.69) is 5.10 Å². The zero-order chi connectivity index (χ0) is 13.9. The lowest BCUT2D eigenvalue weighted by molar-refractivity contribution is -0.132. The lowest BCUT2D eigenvalue weighted by Gasteiger charge is -2.26. The summed E-state index contributed by atoms with van der Waals surface area (Å²) < 4.78 is 1.80. The molecular weight excluding hydrogens is 230 g/mol. The van der Waals surface area contributed by atoms with Crippen LogP contribution in [0.3, 0.4) is 0 Å².